The van der Waals surface area contributed by atoms with Gasteiger partial charge in [0.2, 0.25) is 0 Å². The van der Waals surface area contributed by atoms with Gasteiger partial charge in [0.1, 0.15) is 5.75 Å². The van der Waals surface area contributed by atoms with E-state index in [9.17, 15) is 9.90 Å². The number of carbonyl (C=O) groups excluding carboxylic acids is 1. The zero-order valence-corrected chi connectivity index (χ0v) is 12.0. The van der Waals surface area contributed by atoms with E-state index in [1.165, 1.54) is 23.1 Å². The van der Waals surface area contributed by atoms with Crippen molar-refractivity contribution in [1.82, 2.24) is 5.32 Å². The Morgan fingerprint density at radius 1 is 1.32 bits per heavy atom. The standard InChI is InChI=1S/C14H14ClNO2S/c1-2-10-4-5-11(19-10)8-16-14(18)12-7-9(17)3-6-13(12)15/h3-7,17H,2,8H2,1H3,(H,16,18). The molecule has 0 aliphatic rings. The molecule has 2 aromatic rings. The fourth-order valence-electron chi connectivity index (χ4n) is 1.66. The fourth-order valence-corrected chi connectivity index (χ4v) is 2.76. The molecule has 100 valence electrons. The number of aryl methyl sites for hydroxylation is 1. The van der Waals surface area contributed by atoms with Crippen LogP contribution in [0.5, 0.6) is 5.75 Å². The normalized spacial score (nSPS) is 10.4. The molecule has 1 aromatic carbocycles. The first-order valence-corrected chi connectivity index (χ1v) is 7.14. The van der Waals surface area contributed by atoms with Crippen molar-refractivity contribution in [1.29, 1.82) is 0 Å². The van der Waals surface area contributed by atoms with E-state index in [4.69, 9.17) is 11.6 Å². The fraction of sp³-hybridized carbons (Fsp3) is 0.214. The van der Waals surface area contributed by atoms with Crippen LogP contribution in [0.15, 0.2) is 30.3 Å². The smallest absolute Gasteiger partial charge is 0.253 e. The summed E-state index contributed by atoms with van der Waals surface area (Å²) in [6.45, 7) is 2.57. The lowest BCUT2D eigenvalue weighted by Crippen LogP contribution is -2.22. The van der Waals surface area contributed by atoms with Crippen LogP contribution in [0.25, 0.3) is 0 Å². The van der Waals surface area contributed by atoms with E-state index >= 15 is 0 Å². The van der Waals surface area contributed by atoms with Gasteiger partial charge in [-0.05, 0) is 36.8 Å². The molecule has 19 heavy (non-hydrogen) atoms. The van der Waals surface area contributed by atoms with Crippen molar-refractivity contribution in [3.8, 4) is 5.75 Å². The highest BCUT2D eigenvalue weighted by Crippen LogP contribution is 2.21. The number of hydrogen-bond acceptors (Lipinski definition) is 3. The Morgan fingerprint density at radius 3 is 2.74 bits per heavy atom. The minimum absolute atomic E-state index is 0.0268. The molecular formula is C14H14ClNO2S. The van der Waals surface area contributed by atoms with Crippen LogP contribution in [0.4, 0.5) is 0 Å². The number of halogens is 1. The van der Waals surface area contributed by atoms with Gasteiger partial charge in [0, 0.05) is 9.75 Å². The third-order valence-electron chi connectivity index (χ3n) is 2.68. The molecule has 0 aliphatic carbocycles. The van der Waals surface area contributed by atoms with E-state index in [1.54, 1.807) is 11.3 Å². The lowest BCUT2D eigenvalue weighted by atomic mass is 10.2. The van der Waals surface area contributed by atoms with E-state index in [2.05, 4.69) is 18.3 Å². The molecule has 2 rings (SSSR count). The van der Waals surface area contributed by atoms with Gasteiger partial charge in [0.25, 0.3) is 5.91 Å². The first-order chi connectivity index (χ1) is 9.10. The maximum Gasteiger partial charge on any atom is 0.253 e. The van der Waals surface area contributed by atoms with Crippen LogP contribution in [0.3, 0.4) is 0 Å². The number of thiophene rings is 1. The molecule has 0 unspecified atom stereocenters. The van der Waals surface area contributed by atoms with Gasteiger partial charge in [-0.15, -0.1) is 11.3 Å². The van der Waals surface area contributed by atoms with Gasteiger partial charge < -0.3 is 10.4 Å². The van der Waals surface area contributed by atoms with Crippen LogP contribution >= 0.6 is 22.9 Å². The van der Waals surface area contributed by atoms with Crippen molar-refractivity contribution >= 4 is 28.8 Å². The molecular weight excluding hydrogens is 282 g/mol. The topological polar surface area (TPSA) is 49.3 Å². The Kier molecular flexibility index (Phi) is 4.45. The van der Waals surface area contributed by atoms with E-state index < -0.39 is 0 Å². The number of carbonyl (C=O) groups is 1. The third kappa shape index (κ3) is 3.49. The Bertz CT molecular complexity index is 595. The molecule has 0 fully saturated rings. The molecule has 0 bridgehead atoms. The maximum atomic E-state index is 12.0. The van der Waals surface area contributed by atoms with Crippen LogP contribution in [0, 0.1) is 0 Å². The van der Waals surface area contributed by atoms with Gasteiger partial charge in [0.05, 0.1) is 17.1 Å². The lowest BCUT2D eigenvalue weighted by molar-refractivity contribution is 0.0951. The highest BCUT2D eigenvalue weighted by Gasteiger charge is 2.11. The predicted octanol–water partition coefficient (Wildman–Crippen LogP) is 3.60. The van der Waals surface area contributed by atoms with Gasteiger partial charge in [-0.1, -0.05) is 18.5 Å². The number of hydrogen-bond donors (Lipinski definition) is 2. The quantitative estimate of drug-likeness (QED) is 0.905. The molecule has 3 nitrogen and oxygen atoms in total. The maximum absolute atomic E-state index is 12.0. The second kappa shape index (κ2) is 6.08. The van der Waals surface area contributed by atoms with Crippen LogP contribution in [0.1, 0.15) is 27.0 Å². The zero-order valence-electron chi connectivity index (χ0n) is 10.4. The van der Waals surface area contributed by atoms with Crippen LogP contribution in [0.2, 0.25) is 5.02 Å². The van der Waals surface area contributed by atoms with E-state index in [-0.39, 0.29) is 17.2 Å². The van der Waals surface area contributed by atoms with Crippen molar-refractivity contribution in [2.24, 2.45) is 0 Å². The number of amides is 1. The Hall–Kier alpha value is -1.52. The summed E-state index contributed by atoms with van der Waals surface area (Å²) >= 11 is 7.61. The summed E-state index contributed by atoms with van der Waals surface area (Å²) in [6.07, 6.45) is 0.997. The number of rotatable bonds is 4. The minimum atomic E-state index is -0.285. The minimum Gasteiger partial charge on any atom is -0.508 e. The molecule has 0 aliphatic heterocycles. The van der Waals surface area contributed by atoms with Gasteiger partial charge in [-0.2, -0.15) is 0 Å². The zero-order chi connectivity index (χ0) is 13.8. The average Bonchev–Trinajstić information content (AvgIpc) is 2.87. The first kappa shape index (κ1) is 13.9. The van der Waals surface area contributed by atoms with Crippen LogP contribution in [-0.4, -0.2) is 11.0 Å². The summed E-state index contributed by atoms with van der Waals surface area (Å²) in [5.41, 5.74) is 0.286. The second-order valence-electron chi connectivity index (χ2n) is 4.07. The van der Waals surface area contributed by atoms with Gasteiger partial charge >= 0.3 is 0 Å². The molecule has 0 radical (unpaired) electrons. The second-order valence-corrected chi connectivity index (χ2v) is 5.73. The molecule has 1 amide bonds. The Labute approximate surface area is 120 Å². The molecule has 0 saturated carbocycles. The summed E-state index contributed by atoms with van der Waals surface area (Å²) in [5.74, 6) is -0.258. The molecule has 0 spiro atoms. The summed E-state index contributed by atoms with van der Waals surface area (Å²) in [5, 5.41) is 12.5. The SMILES string of the molecule is CCc1ccc(CNC(=O)c2cc(O)ccc2Cl)s1. The number of phenols is 1. The van der Waals surface area contributed by atoms with Crippen molar-refractivity contribution in [3.63, 3.8) is 0 Å². The molecule has 1 heterocycles. The van der Waals surface area contributed by atoms with Crippen LogP contribution in [-0.2, 0) is 13.0 Å². The predicted molar refractivity (Wildman–Crippen MR) is 78.0 cm³/mol. The number of nitrogens with one attached hydrogen (secondary N) is 1. The largest absolute Gasteiger partial charge is 0.508 e. The monoisotopic (exact) mass is 295 g/mol. The van der Waals surface area contributed by atoms with E-state index in [1.807, 2.05) is 6.07 Å². The van der Waals surface area contributed by atoms with Gasteiger partial charge in [0.15, 0.2) is 0 Å². The van der Waals surface area contributed by atoms with Crippen molar-refractivity contribution in [2.75, 3.05) is 0 Å². The molecule has 1 aromatic heterocycles. The first-order valence-electron chi connectivity index (χ1n) is 5.94. The third-order valence-corrected chi connectivity index (χ3v) is 4.24. The van der Waals surface area contributed by atoms with Crippen molar-refractivity contribution in [3.05, 3.63) is 50.7 Å². The average molecular weight is 296 g/mol. The Morgan fingerprint density at radius 2 is 2.05 bits per heavy atom. The number of phenolic OH excluding ortho intramolecular Hbond substituents is 1. The highest BCUT2D eigenvalue weighted by atomic mass is 35.5. The highest BCUT2D eigenvalue weighted by molar-refractivity contribution is 7.11. The number of benzene rings is 1. The lowest BCUT2D eigenvalue weighted by Gasteiger charge is -2.06. The molecule has 2 N–H and O–H groups in total. The van der Waals surface area contributed by atoms with E-state index in [0.29, 0.717) is 11.6 Å². The van der Waals surface area contributed by atoms with Crippen molar-refractivity contribution in [2.45, 2.75) is 19.9 Å². The van der Waals surface area contributed by atoms with Gasteiger partial charge in [-0.25, -0.2) is 0 Å². The molecule has 0 atom stereocenters. The summed E-state index contributed by atoms with van der Waals surface area (Å²) in [4.78, 5) is 14.4. The number of aromatic hydroxyl groups is 1. The van der Waals surface area contributed by atoms with Crippen molar-refractivity contribution < 1.29 is 9.90 Å². The Balaban J connectivity index is 2.03. The van der Waals surface area contributed by atoms with Gasteiger partial charge in [-0.3, -0.25) is 4.79 Å². The van der Waals surface area contributed by atoms with E-state index in [0.717, 1.165) is 11.3 Å². The summed E-state index contributed by atoms with van der Waals surface area (Å²) in [7, 11) is 0. The summed E-state index contributed by atoms with van der Waals surface area (Å²) in [6, 6.07) is 8.39. The summed E-state index contributed by atoms with van der Waals surface area (Å²) < 4.78 is 0. The molecule has 0 saturated heterocycles. The van der Waals surface area contributed by atoms with Crippen LogP contribution < -0.4 is 5.32 Å². The molecule has 5 heteroatoms.